The van der Waals surface area contributed by atoms with E-state index in [1.54, 1.807) is 23.1 Å². The van der Waals surface area contributed by atoms with Crippen molar-refractivity contribution in [3.63, 3.8) is 0 Å². The van der Waals surface area contributed by atoms with Gasteiger partial charge in [-0.1, -0.05) is 50.2 Å². The van der Waals surface area contributed by atoms with Crippen molar-refractivity contribution in [3.8, 4) is 0 Å². The number of amides is 2. The maximum atomic E-state index is 13.3. The van der Waals surface area contributed by atoms with Gasteiger partial charge in [0.1, 0.15) is 0 Å². The Morgan fingerprint density at radius 1 is 1.09 bits per heavy atom. The zero-order chi connectivity index (χ0) is 23.5. The fourth-order valence-corrected chi connectivity index (χ4v) is 4.12. The van der Waals surface area contributed by atoms with E-state index in [1.807, 2.05) is 19.1 Å². The number of hydrogen-bond acceptors (Lipinski definition) is 2. The normalized spacial score (nSPS) is 18.8. The summed E-state index contributed by atoms with van der Waals surface area (Å²) in [5, 5.41) is 2.91. The second-order valence-electron chi connectivity index (χ2n) is 8.83. The van der Waals surface area contributed by atoms with Crippen LogP contribution in [0, 0.1) is 18.8 Å². The number of carbonyl (C=O) groups is 2. The van der Waals surface area contributed by atoms with Crippen molar-refractivity contribution in [3.05, 3.63) is 70.8 Å². The summed E-state index contributed by atoms with van der Waals surface area (Å²) in [5.41, 5.74) is 1.02. The predicted molar refractivity (Wildman–Crippen MR) is 117 cm³/mol. The van der Waals surface area contributed by atoms with Crippen LogP contribution in [-0.2, 0) is 11.0 Å². The lowest BCUT2D eigenvalue weighted by Gasteiger charge is -2.19. The molecule has 0 bridgehead atoms. The fourth-order valence-electron chi connectivity index (χ4n) is 4.12. The van der Waals surface area contributed by atoms with Crippen LogP contribution >= 0.6 is 0 Å². The van der Waals surface area contributed by atoms with E-state index in [2.05, 4.69) is 19.2 Å². The third-order valence-electron chi connectivity index (χ3n) is 5.98. The summed E-state index contributed by atoms with van der Waals surface area (Å²) in [5.74, 6) is -1.15. The lowest BCUT2D eigenvalue weighted by molar-refractivity contribution is -0.137. The zero-order valence-corrected chi connectivity index (χ0v) is 18.6. The number of rotatable bonds is 6. The van der Waals surface area contributed by atoms with Gasteiger partial charge in [0, 0.05) is 31.1 Å². The largest absolute Gasteiger partial charge is 0.416 e. The number of nitrogens with zero attached hydrogens (tertiary/aromatic N) is 1. The van der Waals surface area contributed by atoms with Crippen molar-refractivity contribution in [2.45, 2.75) is 39.3 Å². The predicted octanol–water partition coefficient (Wildman–Crippen LogP) is 5.03. The zero-order valence-electron chi connectivity index (χ0n) is 18.6. The highest BCUT2D eigenvalue weighted by Crippen LogP contribution is 2.37. The first-order valence-electron chi connectivity index (χ1n) is 10.9. The molecule has 2 amide bonds. The Balaban J connectivity index is 1.88. The van der Waals surface area contributed by atoms with Crippen molar-refractivity contribution < 1.29 is 22.8 Å². The van der Waals surface area contributed by atoms with Crippen LogP contribution in [-0.4, -0.2) is 36.3 Å². The Bertz CT molecular complexity index is 972. The Kier molecular flexibility index (Phi) is 7.26. The first-order valence-corrected chi connectivity index (χ1v) is 10.9. The molecular weight excluding hydrogens is 417 g/mol. The molecular formula is C25H29F3N2O2. The van der Waals surface area contributed by atoms with E-state index in [9.17, 15) is 22.8 Å². The highest BCUT2D eigenvalue weighted by molar-refractivity contribution is 5.96. The average Bonchev–Trinajstić information content (AvgIpc) is 3.18. The molecule has 7 heteroatoms. The molecule has 1 heterocycles. The number of alkyl halides is 3. The molecule has 0 aliphatic carbocycles. The maximum absolute atomic E-state index is 13.3. The van der Waals surface area contributed by atoms with Crippen LogP contribution in [0.3, 0.4) is 0 Å². The Hall–Kier alpha value is -2.83. The number of aryl methyl sites for hydroxylation is 1. The molecule has 4 nitrogen and oxygen atoms in total. The van der Waals surface area contributed by atoms with Gasteiger partial charge in [-0.15, -0.1) is 0 Å². The molecule has 0 saturated carbocycles. The third-order valence-corrected chi connectivity index (χ3v) is 5.98. The summed E-state index contributed by atoms with van der Waals surface area (Å²) < 4.78 is 39.8. The lowest BCUT2D eigenvalue weighted by Crippen LogP contribution is -2.36. The minimum atomic E-state index is -4.47. The van der Waals surface area contributed by atoms with Gasteiger partial charge in [0.25, 0.3) is 5.91 Å². The second kappa shape index (κ2) is 9.76. The molecule has 3 rings (SSSR count). The van der Waals surface area contributed by atoms with Gasteiger partial charge in [-0.25, -0.2) is 0 Å². The molecule has 1 aliphatic rings. The van der Waals surface area contributed by atoms with E-state index in [0.717, 1.165) is 24.1 Å². The summed E-state index contributed by atoms with van der Waals surface area (Å²) in [6.07, 6.45) is -3.67. The smallest absolute Gasteiger partial charge is 0.356 e. The first-order chi connectivity index (χ1) is 15.1. The number of likely N-dealkylation sites (tertiary alicyclic amines) is 1. The van der Waals surface area contributed by atoms with Gasteiger partial charge in [-0.05, 0) is 42.5 Å². The van der Waals surface area contributed by atoms with Gasteiger partial charge in [0.05, 0.1) is 11.5 Å². The molecule has 0 unspecified atom stereocenters. The Morgan fingerprint density at radius 3 is 2.47 bits per heavy atom. The van der Waals surface area contributed by atoms with Crippen molar-refractivity contribution in [1.82, 2.24) is 10.2 Å². The molecule has 1 N–H and O–H groups in total. The maximum Gasteiger partial charge on any atom is 0.416 e. The molecule has 0 spiro atoms. The third kappa shape index (κ3) is 5.50. The summed E-state index contributed by atoms with van der Waals surface area (Å²) in [7, 11) is 0. The molecule has 2 aromatic rings. The number of hydrogen-bond donors (Lipinski definition) is 1. The van der Waals surface area contributed by atoms with E-state index in [-0.39, 0.29) is 24.9 Å². The van der Waals surface area contributed by atoms with Crippen LogP contribution in [0.2, 0.25) is 0 Å². The Labute approximate surface area is 186 Å². The van der Waals surface area contributed by atoms with E-state index < -0.39 is 23.6 Å². The second-order valence-corrected chi connectivity index (χ2v) is 8.83. The monoisotopic (exact) mass is 446 g/mol. The summed E-state index contributed by atoms with van der Waals surface area (Å²) >= 11 is 0. The number of nitrogens with one attached hydrogen (secondary N) is 1. The highest BCUT2D eigenvalue weighted by Gasteiger charge is 2.41. The van der Waals surface area contributed by atoms with E-state index >= 15 is 0 Å². The van der Waals surface area contributed by atoms with Crippen molar-refractivity contribution >= 4 is 11.8 Å². The summed E-state index contributed by atoms with van der Waals surface area (Å²) in [6.45, 7) is 6.79. The number of halogens is 3. The van der Waals surface area contributed by atoms with Crippen LogP contribution in [0.5, 0.6) is 0 Å². The summed E-state index contributed by atoms with van der Waals surface area (Å²) in [6, 6.07) is 12.3. The lowest BCUT2D eigenvalue weighted by atomic mass is 9.87. The van der Waals surface area contributed by atoms with Crippen molar-refractivity contribution in [1.29, 1.82) is 0 Å². The Morgan fingerprint density at radius 2 is 1.81 bits per heavy atom. The SMILES string of the molecule is Cc1ccccc1C(=O)N1C[C@H](C(=O)NCCC(C)C)[C@@H](c2cccc(C(F)(F)F)c2)C1. The number of carbonyl (C=O) groups excluding carboxylic acids is 2. The molecule has 32 heavy (non-hydrogen) atoms. The van der Waals surface area contributed by atoms with Crippen molar-refractivity contribution in [2.24, 2.45) is 11.8 Å². The van der Waals surface area contributed by atoms with Gasteiger partial charge in [0.15, 0.2) is 0 Å². The molecule has 2 atom stereocenters. The van der Waals surface area contributed by atoms with Crippen molar-refractivity contribution in [2.75, 3.05) is 19.6 Å². The quantitative estimate of drug-likeness (QED) is 0.677. The molecule has 0 radical (unpaired) electrons. The van der Waals surface area contributed by atoms with Gasteiger partial charge < -0.3 is 10.2 Å². The van der Waals surface area contributed by atoms with Crippen LogP contribution in [0.1, 0.15) is 53.2 Å². The average molecular weight is 447 g/mol. The van der Waals surface area contributed by atoms with Crippen LogP contribution in [0.4, 0.5) is 13.2 Å². The van der Waals surface area contributed by atoms with Crippen LogP contribution < -0.4 is 5.32 Å². The molecule has 0 aromatic heterocycles. The highest BCUT2D eigenvalue weighted by atomic mass is 19.4. The van der Waals surface area contributed by atoms with Gasteiger partial charge >= 0.3 is 6.18 Å². The minimum Gasteiger partial charge on any atom is -0.356 e. The molecule has 172 valence electrons. The topological polar surface area (TPSA) is 49.4 Å². The van der Waals surface area contributed by atoms with E-state index in [1.165, 1.54) is 6.07 Å². The number of benzene rings is 2. The van der Waals surface area contributed by atoms with Gasteiger partial charge in [-0.2, -0.15) is 13.2 Å². The van der Waals surface area contributed by atoms with E-state index in [4.69, 9.17) is 0 Å². The molecule has 1 fully saturated rings. The molecule has 1 aliphatic heterocycles. The fraction of sp³-hybridized carbons (Fsp3) is 0.440. The van der Waals surface area contributed by atoms with Gasteiger partial charge in [0.2, 0.25) is 5.91 Å². The van der Waals surface area contributed by atoms with Crippen LogP contribution in [0.25, 0.3) is 0 Å². The molecule has 2 aromatic carbocycles. The first kappa shape index (κ1) is 23.8. The molecule has 1 saturated heterocycles. The minimum absolute atomic E-state index is 0.168. The van der Waals surface area contributed by atoms with Gasteiger partial charge in [-0.3, -0.25) is 9.59 Å². The van der Waals surface area contributed by atoms with Crippen LogP contribution in [0.15, 0.2) is 48.5 Å². The summed E-state index contributed by atoms with van der Waals surface area (Å²) in [4.78, 5) is 27.7. The van der Waals surface area contributed by atoms with E-state index in [0.29, 0.717) is 23.6 Å². The standard InChI is InChI=1S/C25H29F3N2O2/c1-16(2)11-12-29-23(31)22-15-30(24(32)20-10-5-4-7-17(20)3)14-21(22)18-8-6-9-19(13-18)25(26,27)28/h4-10,13,16,21-22H,11-12,14-15H2,1-3H3,(H,29,31)/t21-,22+/m1/s1.